The summed E-state index contributed by atoms with van der Waals surface area (Å²) in [6.07, 6.45) is 1.40. The summed E-state index contributed by atoms with van der Waals surface area (Å²) in [4.78, 5) is 39.8. The lowest BCUT2D eigenvalue weighted by Gasteiger charge is -2.39. The molecule has 11 heteroatoms. The Hall–Kier alpha value is -2.98. The van der Waals surface area contributed by atoms with Gasteiger partial charge in [-0.2, -0.15) is 0 Å². The molecule has 4 rings (SSSR count). The molecule has 1 aromatic carbocycles. The van der Waals surface area contributed by atoms with Crippen molar-refractivity contribution >= 4 is 40.7 Å². The van der Waals surface area contributed by atoms with E-state index < -0.39 is 6.67 Å². The molecule has 1 aromatic heterocycles. The van der Waals surface area contributed by atoms with Crippen molar-refractivity contribution in [2.24, 2.45) is 0 Å². The number of halogens is 2. The predicted molar refractivity (Wildman–Crippen MR) is 135 cm³/mol. The number of hydrogen-bond donors (Lipinski definition) is 2. The molecular weight excluding hydrogens is 473 g/mol. The maximum absolute atomic E-state index is 13.6. The smallest absolute Gasteiger partial charge is 0.245 e. The number of rotatable bonds is 8. The Morgan fingerprint density at radius 2 is 1.89 bits per heavy atom. The fraction of sp³-hybridized carbons (Fsp3) is 0.500. The van der Waals surface area contributed by atoms with Crippen LogP contribution in [0.2, 0.25) is 5.02 Å². The van der Waals surface area contributed by atoms with Gasteiger partial charge in [0.25, 0.3) is 0 Å². The van der Waals surface area contributed by atoms with Crippen LogP contribution < -0.4 is 20.4 Å². The molecular formula is C24H31ClFN7O2. The zero-order valence-electron chi connectivity index (χ0n) is 20.0. The van der Waals surface area contributed by atoms with Gasteiger partial charge in [0.05, 0.1) is 12.5 Å². The number of benzene rings is 1. The number of carbonyl (C=O) groups excluding carboxylic acids is 2. The van der Waals surface area contributed by atoms with Crippen molar-refractivity contribution in [3.05, 3.63) is 41.2 Å². The van der Waals surface area contributed by atoms with Crippen LogP contribution in [0.1, 0.15) is 25.3 Å². The van der Waals surface area contributed by atoms with E-state index in [0.29, 0.717) is 55.1 Å². The second-order valence-electron chi connectivity index (χ2n) is 9.03. The lowest BCUT2D eigenvalue weighted by Crippen LogP contribution is -2.52. The lowest BCUT2D eigenvalue weighted by atomic mass is 9.96. The largest absolute Gasteiger partial charge is 0.354 e. The summed E-state index contributed by atoms with van der Waals surface area (Å²) in [6, 6.07) is 7.69. The molecule has 1 unspecified atom stereocenters. The maximum atomic E-state index is 13.6. The Bertz CT molecular complexity index is 1040. The molecule has 2 amide bonds. The highest BCUT2D eigenvalue weighted by Gasteiger charge is 2.33. The Morgan fingerprint density at radius 1 is 1.17 bits per heavy atom. The van der Waals surface area contributed by atoms with Gasteiger partial charge < -0.3 is 25.3 Å². The topological polar surface area (TPSA) is 93.7 Å². The molecule has 1 saturated heterocycles. The molecule has 2 aliphatic heterocycles. The Kier molecular flexibility index (Phi) is 8.02. The van der Waals surface area contributed by atoms with Crippen LogP contribution in [0.5, 0.6) is 0 Å². The highest BCUT2D eigenvalue weighted by Crippen LogP contribution is 2.36. The number of amides is 2. The van der Waals surface area contributed by atoms with Crippen molar-refractivity contribution in [3.63, 3.8) is 0 Å². The Labute approximate surface area is 209 Å². The normalized spacial score (nSPS) is 16.8. The minimum absolute atomic E-state index is 0.0569. The van der Waals surface area contributed by atoms with Crippen LogP contribution in [0.4, 0.5) is 21.7 Å². The first-order chi connectivity index (χ1) is 16.9. The van der Waals surface area contributed by atoms with E-state index in [1.165, 1.54) is 6.33 Å². The Morgan fingerprint density at radius 3 is 2.54 bits per heavy atom. The summed E-state index contributed by atoms with van der Waals surface area (Å²) >= 11 is 6.06. The second-order valence-corrected chi connectivity index (χ2v) is 9.47. The summed E-state index contributed by atoms with van der Waals surface area (Å²) in [5, 5.41) is 6.78. The SMILES string of the molecule is CC(C)NCC(C(=O)N1CCN(c2ncnc3c2N(CCF)CC(=O)N3)CC1)c1ccc(Cl)cc1. The van der Waals surface area contributed by atoms with E-state index in [1.807, 2.05) is 29.2 Å². The maximum Gasteiger partial charge on any atom is 0.245 e. The minimum Gasteiger partial charge on any atom is -0.354 e. The summed E-state index contributed by atoms with van der Waals surface area (Å²) < 4.78 is 13.2. The average Bonchev–Trinajstić information content (AvgIpc) is 2.84. The molecule has 0 bridgehead atoms. The first kappa shape index (κ1) is 25.1. The number of fused-ring (bicyclic) bond motifs is 1. The second kappa shape index (κ2) is 11.2. The van der Waals surface area contributed by atoms with Gasteiger partial charge in [-0.1, -0.05) is 37.6 Å². The number of piperazine rings is 1. The zero-order valence-corrected chi connectivity index (χ0v) is 20.8. The van der Waals surface area contributed by atoms with Crippen molar-refractivity contribution in [3.8, 4) is 0 Å². The van der Waals surface area contributed by atoms with E-state index >= 15 is 0 Å². The average molecular weight is 504 g/mol. The zero-order chi connectivity index (χ0) is 24.9. The number of aromatic nitrogens is 2. The molecule has 0 aliphatic carbocycles. The highest BCUT2D eigenvalue weighted by atomic mass is 35.5. The van der Waals surface area contributed by atoms with Gasteiger partial charge in [0.1, 0.15) is 18.7 Å². The minimum atomic E-state index is -0.583. The quantitative estimate of drug-likeness (QED) is 0.571. The van der Waals surface area contributed by atoms with Gasteiger partial charge in [-0.15, -0.1) is 0 Å². The number of carbonyl (C=O) groups is 2. The summed E-state index contributed by atoms with van der Waals surface area (Å²) in [5.41, 5.74) is 1.56. The molecule has 2 N–H and O–H groups in total. The number of anilines is 3. The van der Waals surface area contributed by atoms with E-state index in [-0.39, 0.29) is 36.9 Å². The predicted octanol–water partition coefficient (Wildman–Crippen LogP) is 2.29. The van der Waals surface area contributed by atoms with E-state index in [2.05, 4.69) is 39.3 Å². The van der Waals surface area contributed by atoms with Gasteiger partial charge in [-0.25, -0.2) is 14.4 Å². The molecule has 188 valence electrons. The molecule has 0 spiro atoms. The summed E-state index contributed by atoms with van der Waals surface area (Å²) in [5.74, 6) is 0.556. The van der Waals surface area contributed by atoms with Crippen molar-refractivity contribution in [1.82, 2.24) is 20.2 Å². The standard InChI is InChI=1S/C24H31ClFN7O2/c1-16(2)27-13-19(17-3-5-18(25)6-4-17)24(35)32-11-9-31(10-12-32)23-21-22(28-15-29-23)30-20(34)14-33(21)8-7-26/h3-6,15-16,19,27H,7-14H2,1-2H3,(H,28,29,30,34). The van der Waals surface area contributed by atoms with Crippen LogP contribution >= 0.6 is 11.6 Å². The molecule has 0 saturated carbocycles. The van der Waals surface area contributed by atoms with Crippen molar-refractivity contribution in [2.45, 2.75) is 25.8 Å². The first-order valence-corrected chi connectivity index (χ1v) is 12.2. The fourth-order valence-corrected chi connectivity index (χ4v) is 4.58. The number of nitrogens with zero attached hydrogens (tertiary/aromatic N) is 5. The molecule has 2 aromatic rings. The molecule has 1 fully saturated rings. The van der Waals surface area contributed by atoms with Gasteiger partial charge in [-0.05, 0) is 17.7 Å². The van der Waals surface area contributed by atoms with E-state index in [1.54, 1.807) is 4.90 Å². The molecule has 0 radical (unpaired) electrons. The summed E-state index contributed by atoms with van der Waals surface area (Å²) in [6.45, 7) is 6.40. The van der Waals surface area contributed by atoms with Crippen molar-refractivity contribution in [2.75, 3.05) is 67.6 Å². The van der Waals surface area contributed by atoms with Gasteiger partial charge in [0, 0.05) is 50.3 Å². The number of hydrogen-bond acceptors (Lipinski definition) is 7. The fourth-order valence-electron chi connectivity index (χ4n) is 4.46. The van der Waals surface area contributed by atoms with Gasteiger partial charge >= 0.3 is 0 Å². The third kappa shape index (κ3) is 5.82. The monoisotopic (exact) mass is 503 g/mol. The van der Waals surface area contributed by atoms with E-state index in [0.717, 1.165) is 5.56 Å². The van der Waals surface area contributed by atoms with Gasteiger partial charge in [0.2, 0.25) is 11.8 Å². The van der Waals surface area contributed by atoms with Crippen LogP contribution in [0, 0.1) is 0 Å². The number of nitrogens with one attached hydrogen (secondary N) is 2. The van der Waals surface area contributed by atoms with Crippen molar-refractivity contribution in [1.29, 1.82) is 0 Å². The lowest BCUT2D eigenvalue weighted by molar-refractivity contribution is -0.133. The first-order valence-electron chi connectivity index (χ1n) is 11.9. The molecule has 9 nitrogen and oxygen atoms in total. The molecule has 3 heterocycles. The molecule has 1 atom stereocenters. The van der Waals surface area contributed by atoms with E-state index in [9.17, 15) is 14.0 Å². The molecule has 35 heavy (non-hydrogen) atoms. The van der Waals surface area contributed by atoms with Crippen molar-refractivity contribution < 1.29 is 14.0 Å². The van der Waals surface area contributed by atoms with Gasteiger partial charge in [0.15, 0.2) is 11.6 Å². The third-order valence-electron chi connectivity index (χ3n) is 6.26. The third-order valence-corrected chi connectivity index (χ3v) is 6.51. The summed E-state index contributed by atoms with van der Waals surface area (Å²) in [7, 11) is 0. The van der Waals surface area contributed by atoms with Gasteiger partial charge in [-0.3, -0.25) is 9.59 Å². The van der Waals surface area contributed by atoms with Crippen LogP contribution in [0.25, 0.3) is 0 Å². The van der Waals surface area contributed by atoms with Crippen LogP contribution in [-0.2, 0) is 9.59 Å². The van der Waals surface area contributed by atoms with Crippen LogP contribution in [0.15, 0.2) is 30.6 Å². The van der Waals surface area contributed by atoms with E-state index in [4.69, 9.17) is 11.6 Å². The molecule has 2 aliphatic rings. The number of alkyl halides is 1. The van der Waals surface area contributed by atoms with Crippen LogP contribution in [0.3, 0.4) is 0 Å². The van der Waals surface area contributed by atoms with Crippen LogP contribution in [-0.4, -0.2) is 85.2 Å². The Balaban J connectivity index is 1.49. The highest BCUT2D eigenvalue weighted by molar-refractivity contribution is 6.30.